The fraction of sp³-hybridized carbons (Fsp3) is 0.359. The van der Waals surface area contributed by atoms with E-state index in [1.165, 1.54) is 20.4 Å². The molecule has 6 N–H and O–H groups in total. The number of hydrogen-bond acceptors (Lipinski definition) is 13. The molecule has 1 saturated heterocycles. The van der Waals surface area contributed by atoms with Gasteiger partial charge in [-0.2, -0.15) is 0 Å². The minimum atomic E-state index is -0.945. The molecule has 0 radical (unpaired) electrons. The summed E-state index contributed by atoms with van der Waals surface area (Å²) in [4.78, 5) is 54.9. The molecule has 4 rings (SSSR count). The fourth-order valence-corrected chi connectivity index (χ4v) is 5.60. The molecule has 3 atom stereocenters. The molecule has 2 heterocycles. The van der Waals surface area contributed by atoms with Crippen LogP contribution in [-0.2, 0) is 59.1 Å². The van der Waals surface area contributed by atoms with Crippen molar-refractivity contribution < 1.29 is 43.2 Å². The van der Waals surface area contributed by atoms with E-state index in [0.717, 1.165) is 11.1 Å². The monoisotopic (exact) mass is 725 g/mol. The number of carbonyl (C=O) groups excluding carboxylic acids is 4. The Morgan fingerprint density at radius 1 is 0.887 bits per heavy atom. The quantitative estimate of drug-likeness (QED) is 0.113. The number of amides is 1. The predicted octanol–water partition coefficient (Wildman–Crippen LogP) is 1.62. The Labute approximate surface area is 308 Å². The van der Waals surface area contributed by atoms with Gasteiger partial charge in [0.15, 0.2) is 13.2 Å². The summed E-state index contributed by atoms with van der Waals surface area (Å²) in [5.41, 5.74) is 15.5. The second-order valence-electron chi connectivity index (χ2n) is 12.1. The Bertz CT molecular complexity index is 1860. The minimum absolute atomic E-state index is 0.0198. The number of nitrogens with one attached hydrogen (secondary N) is 1. The van der Waals surface area contributed by atoms with Crippen molar-refractivity contribution in [2.45, 2.75) is 57.0 Å². The topological polar surface area (TPSA) is 206 Å². The third-order valence-corrected chi connectivity index (χ3v) is 8.28. The molecule has 14 nitrogen and oxygen atoms in total. The third kappa shape index (κ3) is 13.0. The molecule has 0 aliphatic carbocycles. The predicted molar refractivity (Wildman–Crippen MR) is 193 cm³/mol. The molecule has 2 aromatic carbocycles. The lowest BCUT2D eigenvalue weighted by Gasteiger charge is -2.27. The van der Waals surface area contributed by atoms with Crippen molar-refractivity contribution >= 4 is 29.8 Å². The van der Waals surface area contributed by atoms with Crippen molar-refractivity contribution in [3.63, 3.8) is 0 Å². The molecular weight excluding hydrogens is 682 g/mol. The van der Waals surface area contributed by atoms with Gasteiger partial charge < -0.3 is 40.8 Å². The van der Waals surface area contributed by atoms with Gasteiger partial charge in [-0.05, 0) is 65.8 Å². The highest BCUT2D eigenvalue weighted by atomic mass is 16.5. The molecule has 1 aliphatic rings. The van der Waals surface area contributed by atoms with Crippen molar-refractivity contribution in [1.82, 2.24) is 15.2 Å². The normalized spacial score (nSPS) is 15.5. The van der Waals surface area contributed by atoms with Gasteiger partial charge in [0, 0.05) is 36.5 Å². The van der Waals surface area contributed by atoms with Gasteiger partial charge in [0.25, 0.3) is 0 Å². The maximum absolute atomic E-state index is 12.6. The van der Waals surface area contributed by atoms with Crippen LogP contribution in [0.4, 0.5) is 10.6 Å². The summed E-state index contributed by atoms with van der Waals surface area (Å²) >= 11 is 0. The first-order valence-corrected chi connectivity index (χ1v) is 16.8. The van der Waals surface area contributed by atoms with Gasteiger partial charge in [-0.3, -0.25) is 19.3 Å². The second-order valence-corrected chi connectivity index (χ2v) is 12.1. The Hall–Kier alpha value is -5.93. The number of aryl methyl sites for hydroxylation is 1. The summed E-state index contributed by atoms with van der Waals surface area (Å²) in [6.45, 7) is 0.243. The number of aromatic nitrogens is 1. The molecule has 1 amide bonds. The van der Waals surface area contributed by atoms with Crippen molar-refractivity contribution in [1.29, 1.82) is 0 Å². The maximum atomic E-state index is 12.6. The van der Waals surface area contributed by atoms with Crippen LogP contribution in [0.5, 0.6) is 0 Å². The van der Waals surface area contributed by atoms with Crippen LogP contribution in [0.15, 0.2) is 60.8 Å². The number of nitrogen functional groups attached to an aromatic ring is 1. The van der Waals surface area contributed by atoms with E-state index in [1.54, 1.807) is 35.2 Å². The van der Waals surface area contributed by atoms with Crippen LogP contribution in [0.3, 0.4) is 0 Å². The average molecular weight is 726 g/mol. The van der Waals surface area contributed by atoms with Gasteiger partial charge in [0.2, 0.25) is 0 Å². The fourth-order valence-electron chi connectivity index (χ4n) is 5.60. The highest BCUT2D eigenvalue weighted by molar-refractivity contribution is 5.77. The van der Waals surface area contributed by atoms with Crippen LogP contribution in [0.25, 0.3) is 0 Å². The molecule has 0 bridgehead atoms. The first-order chi connectivity index (χ1) is 25.6. The zero-order valence-electron chi connectivity index (χ0n) is 29.6. The molecule has 14 heteroatoms. The zero-order valence-corrected chi connectivity index (χ0v) is 29.6. The molecule has 0 saturated carbocycles. The van der Waals surface area contributed by atoms with Crippen molar-refractivity contribution in [3.8, 4) is 23.7 Å². The summed E-state index contributed by atoms with van der Waals surface area (Å²) in [5.74, 6) is 10.3. The largest absolute Gasteiger partial charge is 0.469 e. The standard InChI is InChI=1S/C39H43N5O9/c1-50-36(46)21-31-18-28(5-3-15-52-37(47)20-30-11-13-34(41)42-24-30)17-29(19-31)6-4-16-53-39(49)43-32-22-33(38(48)51-2)44(25-32)35(45)14-12-26-7-9-27(23-40)10-8-26/h7-11,13,17-19,24,32-33,35,45H,12,14-16,20-23,25,40H2,1-2H3,(H2,41,42)(H,43,49). The Morgan fingerprint density at radius 3 is 2.15 bits per heavy atom. The summed E-state index contributed by atoms with van der Waals surface area (Å²) in [6.07, 6.45) is 0.988. The lowest BCUT2D eigenvalue weighted by molar-refractivity contribution is -0.150. The lowest BCUT2D eigenvalue weighted by atomic mass is 10.0. The van der Waals surface area contributed by atoms with Crippen LogP contribution in [0.1, 0.15) is 46.2 Å². The SMILES string of the molecule is COC(=O)Cc1cc(C#CCOC(=O)Cc2ccc(N)nc2)cc(C#CCOC(=O)NC2CC(C(=O)OC)N(C(O)CCc3ccc(CN)cc3)C2)c1. The molecule has 53 heavy (non-hydrogen) atoms. The number of nitrogens with two attached hydrogens (primary N) is 2. The molecule has 1 aromatic heterocycles. The number of carbonyl (C=O) groups is 4. The first kappa shape index (κ1) is 39.8. The second kappa shape index (κ2) is 20.2. The highest BCUT2D eigenvalue weighted by Gasteiger charge is 2.41. The van der Waals surface area contributed by atoms with Crippen molar-refractivity contribution in [2.75, 3.05) is 39.7 Å². The zero-order chi connectivity index (χ0) is 38.2. The van der Waals surface area contributed by atoms with Gasteiger partial charge in [-0.25, -0.2) is 9.78 Å². The number of methoxy groups -OCH3 is 2. The number of alkyl carbamates (subject to hydrolysis) is 1. The number of aliphatic hydroxyl groups is 1. The van der Waals surface area contributed by atoms with Gasteiger partial charge in [0.1, 0.15) is 18.1 Å². The first-order valence-electron chi connectivity index (χ1n) is 16.8. The van der Waals surface area contributed by atoms with Crippen molar-refractivity contribution in [3.05, 3.63) is 94.2 Å². The minimum Gasteiger partial charge on any atom is -0.469 e. The maximum Gasteiger partial charge on any atom is 0.408 e. The number of esters is 3. The molecule has 1 fully saturated rings. The van der Waals surface area contributed by atoms with Gasteiger partial charge in [-0.1, -0.05) is 54.0 Å². The van der Waals surface area contributed by atoms with E-state index in [1.807, 2.05) is 24.3 Å². The summed E-state index contributed by atoms with van der Waals surface area (Å²) in [7, 11) is 2.57. The Balaban J connectivity index is 1.30. The van der Waals surface area contributed by atoms with E-state index < -0.39 is 42.3 Å². The third-order valence-electron chi connectivity index (χ3n) is 8.28. The summed E-state index contributed by atoms with van der Waals surface area (Å²) < 4.78 is 20.2. The molecule has 1 aliphatic heterocycles. The average Bonchev–Trinajstić information content (AvgIpc) is 3.58. The Kier molecular flexibility index (Phi) is 15.2. The van der Waals surface area contributed by atoms with Crippen LogP contribution in [0.2, 0.25) is 0 Å². The molecule has 3 unspecified atom stereocenters. The number of anilines is 1. The van der Waals surface area contributed by atoms with Crippen LogP contribution in [0, 0.1) is 23.7 Å². The van der Waals surface area contributed by atoms with Crippen molar-refractivity contribution in [2.24, 2.45) is 5.73 Å². The van der Waals surface area contributed by atoms with E-state index in [9.17, 15) is 24.3 Å². The van der Waals surface area contributed by atoms with E-state index in [4.69, 9.17) is 30.4 Å². The number of benzene rings is 2. The number of ether oxygens (including phenoxy) is 4. The number of hydrogen-bond donors (Lipinski definition) is 4. The van der Waals surface area contributed by atoms with Gasteiger partial charge in [0.05, 0.1) is 27.1 Å². The molecule has 3 aromatic rings. The molecular formula is C39H43N5O9. The van der Waals surface area contributed by atoms with E-state index >= 15 is 0 Å². The number of pyridine rings is 1. The van der Waals surface area contributed by atoms with Crippen LogP contribution >= 0.6 is 0 Å². The Morgan fingerprint density at radius 2 is 1.53 bits per heavy atom. The van der Waals surface area contributed by atoms with Gasteiger partial charge >= 0.3 is 24.0 Å². The van der Waals surface area contributed by atoms with E-state index in [-0.39, 0.29) is 39.0 Å². The smallest absolute Gasteiger partial charge is 0.408 e. The van der Waals surface area contributed by atoms with Crippen LogP contribution in [-0.4, -0.2) is 91.3 Å². The van der Waals surface area contributed by atoms with Crippen LogP contribution < -0.4 is 16.8 Å². The number of likely N-dealkylation sites (tertiary alicyclic amines) is 1. The summed E-state index contributed by atoms with van der Waals surface area (Å²) in [5, 5.41) is 13.7. The molecule has 0 spiro atoms. The van der Waals surface area contributed by atoms with Gasteiger partial charge in [-0.15, -0.1) is 0 Å². The van der Waals surface area contributed by atoms with E-state index in [2.05, 4.69) is 34.0 Å². The summed E-state index contributed by atoms with van der Waals surface area (Å²) in [6, 6.07) is 14.9. The lowest BCUT2D eigenvalue weighted by Crippen LogP contribution is -2.44. The highest BCUT2D eigenvalue weighted by Crippen LogP contribution is 2.23. The number of aliphatic hydroxyl groups excluding tert-OH is 1. The van der Waals surface area contributed by atoms with E-state index in [0.29, 0.717) is 47.5 Å². The number of nitrogens with zero attached hydrogens (tertiary/aromatic N) is 2. The number of rotatable bonds is 13. The molecule has 278 valence electrons.